The van der Waals surface area contributed by atoms with Crippen molar-refractivity contribution in [2.45, 2.75) is 39.0 Å². The number of hydrogen-bond donors (Lipinski definition) is 0. The molecule has 0 spiro atoms. The number of carbonyl (C=O) groups is 1. The van der Waals surface area contributed by atoms with E-state index in [1.165, 1.54) is 0 Å². The molecule has 94 valence electrons. The first-order valence-electron chi connectivity index (χ1n) is 6.05. The molecule has 1 aromatic carbocycles. The number of hydrogen-bond acceptors (Lipinski definition) is 2. The normalized spacial score (nSPS) is 12.2. The minimum absolute atomic E-state index is 0.110. The molecule has 1 rings (SSSR count). The second kappa shape index (κ2) is 7.49. The van der Waals surface area contributed by atoms with Crippen LogP contribution in [0.5, 0.6) is 0 Å². The number of ether oxygens (including phenoxy) is 1. The highest BCUT2D eigenvalue weighted by molar-refractivity contribution is 9.10. The molecule has 0 aliphatic carbocycles. The standard InChI is InChI=1S/C14H19BrO2/c1-3-4-9-17-14(16)10-11(2)12-7-5-6-8-13(12)15/h5-8,11H,3-4,9-10H2,1-2H3. The molecule has 0 fully saturated rings. The van der Waals surface area contributed by atoms with Gasteiger partial charge >= 0.3 is 5.97 Å². The average molecular weight is 299 g/mol. The molecule has 1 atom stereocenters. The van der Waals surface area contributed by atoms with E-state index in [4.69, 9.17) is 4.74 Å². The second-order valence-corrected chi connectivity index (χ2v) is 5.06. The highest BCUT2D eigenvalue weighted by Gasteiger charge is 2.14. The van der Waals surface area contributed by atoms with E-state index in [0.29, 0.717) is 13.0 Å². The van der Waals surface area contributed by atoms with Crippen molar-refractivity contribution in [3.8, 4) is 0 Å². The Morgan fingerprint density at radius 1 is 1.41 bits per heavy atom. The van der Waals surface area contributed by atoms with Gasteiger partial charge in [-0.05, 0) is 24.0 Å². The second-order valence-electron chi connectivity index (χ2n) is 4.20. The largest absolute Gasteiger partial charge is 0.466 e. The maximum Gasteiger partial charge on any atom is 0.306 e. The maximum atomic E-state index is 11.6. The van der Waals surface area contributed by atoms with Crippen LogP contribution in [0.2, 0.25) is 0 Å². The first kappa shape index (κ1) is 14.2. The van der Waals surface area contributed by atoms with Crippen molar-refractivity contribution in [3.05, 3.63) is 34.3 Å². The summed E-state index contributed by atoms with van der Waals surface area (Å²) in [6.07, 6.45) is 2.43. The lowest BCUT2D eigenvalue weighted by Gasteiger charge is -2.13. The van der Waals surface area contributed by atoms with Crippen molar-refractivity contribution >= 4 is 21.9 Å². The Morgan fingerprint density at radius 2 is 2.12 bits per heavy atom. The van der Waals surface area contributed by atoms with Gasteiger partial charge in [0, 0.05) is 4.47 Å². The van der Waals surface area contributed by atoms with Crippen molar-refractivity contribution in [2.75, 3.05) is 6.61 Å². The molecular weight excluding hydrogens is 280 g/mol. The number of rotatable bonds is 6. The van der Waals surface area contributed by atoms with Crippen LogP contribution < -0.4 is 0 Å². The van der Waals surface area contributed by atoms with Crippen LogP contribution in [0.1, 0.15) is 44.6 Å². The number of carbonyl (C=O) groups excluding carboxylic acids is 1. The molecule has 1 aromatic rings. The van der Waals surface area contributed by atoms with Crippen LogP contribution in [0.15, 0.2) is 28.7 Å². The van der Waals surface area contributed by atoms with E-state index in [1.807, 2.05) is 31.2 Å². The van der Waals surface area contributed by atoms with Gasteiger partial charge < -0.3 is 4.74 Å². The molecule has 3 heteroatoms. The smallest absolute Gasteiger partial charge is 0.306 e. The van der Waals surface area contributed by atoms with Crippen LogP contribution in [-0.2, 0) is 9.53 Å². The van der Waals surface area contributed by atoms with Gasteiger partial charge in [-0.3, -0.25) is 4.79 Å². The van der Waals surface area contributed by atoms with Crippen LogP contribution in [-0.4, -0.2) is 12.6 Å². The van der Waals surface area contributed by atoms with E-state index < -0.39 is 0 Å². The molecular formula is C14H19BrO2. The molecule has 0 aromatic heterocycles. The quantitative estimate of drug-likeness (QED) is 0.578. The third-order valence-corrected chi connectivity index (χ3v) is 3.39. The molecule has 17 heavy (non-hydrogen) atoms. The predicted molar refractivity (Wildman–Crippen MR) is 73.0 cm³/mol. The summed E-state index contributed by atoms with van der Waals surface area (Å²) in [6.45, 7) is 4.66. The Balaban J connectivity index is 2.46. The van der Waals surface area contributed by atoms with Crippen molar-refractivity contribution in [3.63, 3.8) is 0 Å². The van der Waals surface area contributed by atoms with Crippen LogP contribution in [0, 0.1) is 0 Å². The average Bonchev–Trinajstić information content (AvgIpc) is 2.29. The highest BCUT2D eigenvalue weighted by Crippen LogP contribution is 2.27. The maximum absolute atomic E-state index is 11.6. The zero-order chi connectivity index (χ0) is 12.7. The summed E-state index contributed by atoms with van der Waals surface area (Å²) in [5.41, 5.74) is 1.15. The predicted octanol–water partition coefficient (Wildman–Crippen LogP) is 4.29. The minimum Gasteiger partial charge on any atom is -0.466 e. The fourth-order valence-corrected chi connectivity index (χ4v) is 2.30. The fraction of sp³-hybridized carbons (Fsp3) is 0.500. The van der Waals surface area contributed by atoms with Gasteiger partial charge in [0.05, 0.1) is 13.0 Å². The van der Waals surface area contributed by atoms with E-state index in [1.54, 1.807) is 0 Å². The molecule has 0 aliphatic heterocycles. The zero-order valence-electron chi connectivity index (χ0n) is 10.4. The Labute approximate surface area is 111 Å². The minimum atomic E-state index is -0.110. The van der Waals surface area contributed by atoms with E-state index in [9.17, 15) is 4.79 Å². The van der Waals surface area contributed by atoms with E-state index in [2.05, 4.69) is 22.9 Å². The molecule has 0 bridgehead atoms. The summed E-state index contributed by atoms with van der Waals surface area (Å²) in [7, 11) is 0. The summed E-state index contributed by atoms with van der Waals surface area (Å²) >= 11 is 3.50. The monoisotopic (exact) mass is 298 g/mol. The Kier molecular flexibility index (Phi) is 6.27. The molecule has 1 unspecified atom stereocenters. The van der Waals surface area contributed by atoms with Crippen LogP contribution in [0.3, 0.4) is 0 Å². The topological polar surface area (TPSA) is 26.3 Å². The Morgan fingerprint density at radius 3 is 2.76 bits per heavy atom. The zero-order valence-corrected chi connectivity index (χ0v) is 12.0. The SMILES string of the molecule is CCCCOC(=O)CC(C)c1ccccc1Br. The lowest BCUT2D eigenvalue weighted by atomic mass is 9.98. The first-order valence-corrected chi connectivity index (χ1v) is 6.84. The summed E-state index contributed by atoms with van der Waals surface area (Å²) in [5.74, 6) is 0.0707. The number of unbranched alkanes of at least 4 members (excludes halogenated alkanes) is 1. The third kappa shape index (κ3) is 4.90. The fourth-order valence-electron chi connectivity index (χ4n) is 1.62. The summed E-state index contributed by atoms with van der Waals surface area (Å²) < 4.78 is 6.21. The van der Waals surface area contributed by atoms with Gasteiger partial charge in [0.15, 0.2) is 0 Å². The lowest BCUT2D eigenvalue weighted by Crippen LogP contribution is -2.09. The van der Waals surface area contributed by atoms with Crippen LogP contribution >= 0.6 is 15.9 Å². The van der Waals surface area contributed by atoms with E-state index >= 15 is 0 Å². The Bertz CT molecular complexity index is 363. The molecule has 0 saturated heterocycles. The van der Waals surface area contributed by atoms with Crippen molar-refractivity contribution in [1.82, 2.24) is 0 Å². The molecule has 0 N–H and O–H groups in total. The van der Waals surface area contributed by atoms with E-state index in [0.717, 1.165) is 22.9 Å². The van der Waals surface area contributed by atoms with Gasteiger partial charge in [-0.15, -0.1) is 0 Å². The number of benzene rings is 1. The molecule has 0 heterocycles. The lowest BCUT2D eigenvalue weighted by molar-refractivity contribution is -0.144. The molecule has 0 saturated carbocycles. The van der Waals surface area contributed by atoms with Gasteiger partial charge in [-0.2, -0.15) is 0 Å². The van der Waals surface area contributed by atoms with Crippen LogP contribution in [0.25, 0.3) is 0 Å². The van der Waals surface area contributed by atoms with Gasteiger partial charge in [0.25, 0.3) is 0 Å². The summed E-state index contributed by atoms with van der Waals surface area (Å²) in [4.78, 5) is 11.6. The van der Waals surface area contributed by atoms with Crippen molar-refractivity contribution < 1.29 is 9.53 Å². The van der Waals surface area contributed by atoms with Gasteiger partial charge in [-0.1, -0.05) is 54.4 Å². The molecule has 0 radical (unpaired) electrons. The number of halogens is 1. The van der Waals surface area contributed by atoms with Crippen molar-refractivity contribution in [1.29, 1.82) is 0 Å². The molecule has 0 aliphatic rings. The third-order valence-electron chi connectivity index (χ3n) is 2.67. The Hall–Kier alpha value is -0.830. The highest BCUT2D eigenvalue weighted by atomic mass is 79.9. The first-order chi connectivity index (χ1) is 8.15. The van der Waals surface area contributed by atoms with Gasteiger partial charge in [0.1, 0.15) is 0 Å². The van der Waals surface area contributed by atoms with Gasteiger partial charge in [0.2, 0.25) is 0 Å². The van der Waals surface area contributed by atoms with E-state index in [-0.39, 0.29) is 11.9 Å². The molecule has 0 amide bonds. The number of esters is 1. The molecule has 2 nitrogen and oxygen atoms in total. The summed E-state index contributed by atoms with van der Waals surface area (Å²) in [6, 6.07) is 7.99. The van der Waals surface area contributed by atoms with Gasteiger partial charge in [-0.25, -0.2) is 0 Å². The summed E-state index contributed by atoms with van der Waals surface area (Å²) in [5, 5.41) is 0. The van der Waals surface area contributed by atoms with Crippen LogP contribution in [0.4, 0.5) is 0 Å². The van der Waals surface area contributed by atoms with Crippen molar-refractivity contribution in [2.24, 2.45) is 0 Å².